The minimum Gasteiger partial charge on any atom is -0.343 e. The van der Waals surface area contributed by atoms with Gasteiger partial charge in [-0.2, -0.15) is 0 Å². The summed E-state index contributed by atoms with van der Waals surface area (Å²) in [5, 5.41) is 5.66. The monoisotopic (exact) mass is 240 g/mol. The molecule has 1 rings (SSSR count). The molecule has 1 aliphatic heterocycles. The molecule has 1 saturated heterocycles. The Morgan fingerprint density at radius 2 is 1.29 bits per heavy atom. The smallest absolute Gasteiger partial charge is 0.243 e. The number of hydrogen-bond donors (Lipinski definition) is 2. The third-order valence-electron chi connectivity index (χ3n) is 3.21. The molecule has 0 aromatic rings. The normalized spacial score (nSPS) is 24.4. The average molecular weight is 240 g/mol. The van der Waals surface area contributed by atoms with Crippen LogP contribution >= 0.6 is 0 Å². The molecule has 0 radical (unpaired) electrons. The maximum atomic E-state index is 11.8. The topological polar surface area (TPSA) is 58.2 Å². The van der Waals surface area contributed by atoms with Crippen LogP contribution in [0.4, 0.5) is 0 Å². The zero-order valence-corrected chi connectivity index (χ0v) is 10.9. The van der Waals surface area contributed by atoms with Crippen LogP contribution in [0.25, 0.3) is 0 Å². The molecular weight excluding hydrogens is 216 g/mol. The fraction of sp³-hybridized carbons (Fsp3) is 0.846. The third kappa shape index (κ3) is 4.36. The van der Waals surface area contributed by atoms with Crippen molar-refractivity contribution >= 4 is 11.8 Å². The maximum Gasteiger partial charge on any atom is 0.243 e. The number of nitrogens with one attached hydrogen (secondary N) is 2. The fourth-order valence-corrected chi connectivity index (χ4v) is 2.09. The molecule has 0 aromatic heterocycles. The van der Waals surface area contributed by atoms with Crippen molar-refractivity contribution in [3.63, 3.8) is 0 Å². The lowest BCUT2D eigenvalue weighted by molar-refractivity contribution is -0.137. The van der Waals surface area contributed by atoms with Gasteiger partial charge in [-0.05, 0) is 12.8 Å². The van der Waals surface area contributed by atoms with Crippen LogP contribution in [0.2, 0.25) is 0 Å². The van der Waals surface area contributed by atoms with Gasteiger partial charge in [0.25, 0.3) is 0 Å². The molecule has 2 unspecified atom stereocenters. The highest BCUT2D eigenvalue weighted by molar-refractivity contribution is 5.96. The summed E-state index contributed by atoms with van der Waals surface area (Å²) < 4.78 is 0. The van der Waals surface area contributed by atoms with Gasteiger partial charge < -0.3 is 10.6 Å². The molecule has 0 aromatic carbocycles. The lowest BCUT2D eigenvalue weighted by Gasteiger charge is -2.29. The van der Waals surface area contributed by atoms with E-state index in [-0.39, 0.29) is 23.9 Å². The van der Waals surface area contributed by atoms with Crippen molar-refractivity contribution in [3.05, 3.63) is 0 Å². The summed E-state index contributed by atoms with van der Waals surface area (Å²) in [6.07, 6.45) is 6.74. The van der Waals surface area contributed by atoms with Crippen LogP contribution in [0, 0.1) is 0 Å². The van der Waals surface area contributed by atoms with Gasteiger partial charge in [0, 0.05) is 0 Å². The second-order valence-corrected chi connectivity index (χ2v) is 4.76. The van der Waals surface area contributed by atoms with Crippen LogP contribution in [0.3, 0.4) is 0 Å². The first-order chi connectivity index (χ1) is 8.19. The van der Waals surface area contributed by atoms with E-state index < -0.39 is 0 Å². The van der Waals surface area contributed by atoms with Gasteiger partial charge in [0.1, 0.15) is 12.1 Å². The predicted octanol–water partition coefficient (Wildman–Crippen LogP) is 1.74. The molecule has 4 nitrogen and oxygen atoms in total. The van der Waals surface area contributed by atoms with E-state index in [1.807, 2.05) is 0 Å². The van der Waals surface area contributed by atoms with Gasteiger partial charge in [0.05, 0.1) is 0 Å². The highest BCUT2D eigenvalue weighted by atomic mass is 16.2. The zero-order valence-electron chi connectivity index (χ0n) is 10.9. The Morgan fingerprint density at radius 3 is 1.76 bits per heavy atom. The van der Waals surface area contributed by atoms with E-state index in [1.54, 1.807) is 0 Å². The Balaban J connectivity index is 2.38. The Morgan fingerprint density at radius 1 is 0.824 bits per heavy atom. The molecule has 0 saturated carbocycles. The van der Waals surface area contributed by atoms with Crippen molar-refractivity contribution in [3.8, 4) is 0 Å². The summed E-state index contributed by atoms with van der Waals surface area (Å²) in [6, 6.07) is -0.628. The van der Waals surface area contributed by atoms with E-state index in [9.17, 15) is 9.59 Å². The molecule has 2 N–H and O–H groups in total. The van der Waals surface area contributed by atoms with Crippen LogP contribution < -0.4 is 10.6 Å². The van der Waals surface area contributed by atoms with E-state index in [4.69, 9.17) is 0 Å². The molecule has 1 heterocycles. The van der Waals surface area contributed by atoms with E-state index >= 15 is 0 Å². The molecule has 2 atom stereocenters. The SMILES string of the molecule is CCCCCC1NC(=O)C(CCCC)NC1=O. The molecule has 4 heteroatoms. The predicted molar refractivity (Wildman–Crippen MR) is 67.5 cm³/mol. The summed E-state index contributed by atoms with van der Waals surface area (Å²) in [5.41, 5.74) is 0. The number of carbonyl (C=O) groups is 2. The molecular formula is C13H24N2O2. The van der Waals surface area contributed by atoms with Crippen molar-refractivity contribution in [2.75, 3.05) is 0 Å². The summed E-state index contributed by atoms with van der Waals surface area (Å²) in [6.45, 7) is 4.20. The quantitative estimate of drug-likeness (QED) is 0.666. The second-order valence-electron chi connectivity index (χ2n) is 4.76. The third-order valence-corrected chi connectivity index (χ3v) is 3.21. The van der Waals surface area contributed by atoms with Gasteiger partial charge >= 0.3 is 0 Å². The van der Waals surface area contributed by atoms with Crippen molar-refractivity contribution in [1.82, 2.24) is 10.6 Å². The molecule has 98 valence electrons. The standard InChI is InChI=1S/C13H24N2O2/c1-3-5-7-9-11-13(17)14-10(8-6-4-2)12(16)15-11/h10-11H,3-9H2,1-2H3,(H,14,17)(H,15,16). The molecule has 2 amide bonds. The fourth-order valence-electron chi connectivity index (χ4n) is 2.09. The maximum absolute atomic E-state index is 11.8. The van der Waals surface area contributed by atoms with Crippen molar-refractivity contribution < 1.29 is 9.59 Å². The number of hydrogen-bond acceptors (Lipinski definition) is 2. The number of carbonyl (C=O) groups excluding carboxylic acids is 2. The van der Waals surface area contributed by atoms with Crippen LogP contribution in [-0.2, 0) is 9.59 Å². The first kappa shape index (κ1) is 14.0. The van der Waals surface area contributed by atoms with Crippen molar-refractivity contribution in [2.24, 2.45) is 0 Å². The molecule has 0 spiro atoms. The number of piperazine rings is 1. The lowest BCUT2D eigenvalue weighted by Crippen LogP contribution is -2.61. The summed E-state index contributed by atoms with van der Waals surface area (Å²) >= 11 is 0. The molecule has 0 aliphatic carbocycles. The highest BCUT2D eigenvalue weighted by Crippen LogP contribution is 2.10. The second kappa shape index (κ2) is 7.30. The largest absolute Gasteiger partial charge is 0.343 e. The summed E-state index contributed by atoms with van der Waals surface area (Å²) in [5.74, 6) is -0.0265. The Kier molecular flexibility index (Phi) is 6.01. The average Bonchev–Trinajstić information content (AvgIpc) is 2.31. The number of unbranched alkanes of at least 4 members (excludes halogenated alkanes) is 3. The van der Waals surface area contributed by atoms with E-state index in [0.29, 0.717) is 0 Å². The van der Waals surface area contributed by atoms with Gasteiger partial charge in [-0.3, -0.25) is 9.59 Å². The lowest BCUT2D eigenvalue weighted by atomic mass is 10.0. The Bertz CT molecular complexity index is 266. The minimum absolute atomic E-state index is 0.0122. The summed E-state index contributed by atoms with van der Waals surface area (Å²) in [4.78, 5) is 23.5. The van der Waals surface area contributed by atoms with Crippen LogP contribution in [0.1, 0.15) is 58.8 Å². The molecule has 1 aliphatic rings. The van der Waals surface area contributed by atoms with Crippen LogP contribution in [0.15, 0.2) is 0 Å². The van der Waals surface area contributed by atoms with Crippen molar-refractivity contribution in [1.29, 1.82) is 0 Å². The zero-order chi connectivity index (χ0) is 12.7. The molecule has 0 bridgehead atoms. The van der Waals surface area contributed by atoms with Crippen LogP contribution in [-0.4, -0.2) is 23.9 Å². The minimum atomic E-state index is -0.315. The van der Waals surface area contributed by atoms with E-state index in [1.165, 1.54) is 0 Å². The number of rotatable bonds is 7. The first-order valence-electron chi connectivity index (χ1n) is 6.79. The van der Waals surface area contributed by atoms with Crippen LogP contribution in [0.5, 0.6) is 0 Å². The van der Waals surface area contributed by atoms with Crippen molar-refractivity contribution in [2.45, 2.75) is 70.9 Å². The van der Waals surface area contributed by atoms with Gasteiger partial charge in [-0.1, -0.05) is 46.0 Å². The molecule has 17 heavy (non-hydrogen) atoms. The van der Waals surface area contributed by atoms with Gasteiger partial charge in [0.15, 0.2) is 0 Å². The van der Waals surface area contributed by atoms with Gasteiger partial charge in [-0.15, -0.1) is 0 Å². The Labute approximate surface area is 104 Å². The number of amides is 2. The van der Waals surface area contributed by atoms with Gasteiger partial charge in [0.2, 0.25) is 11.8 Å². The highest BCUT2D eigenvalue weighted by Gasteiger charge is 2.32. The molecule has 1 fully saturated rings. The van der Waals surface area contributed by atoms with E-state index in [0.717, 1.165) is 44.9 Å². The Hall–Kier alpha value is -1.06. The summed E-state index contributed by atoms with van der Waals surface area (Å²) in [7, 11) is 0. The van der Waals surface area contributed by atoms with E-state index in [2.05, 4.69) is 24.5 Å². The first-order valence-corrected chi connectivity index (χ1v) is 6.79. The van der Waals surface area contributed by atoms with Gasteiger partial charge in [-0.25, -0.2) is 0 Å².